The van der Waals surface area contributed by atoms with E-state index < -0.39 is 9.84 Å². The molecule has 6 nitrogen and oxygen atoms in total. The van der Waals surface area contributed by atoms with Crippen LogP contribution in [-0.4, -0.2) is 42.6 Å². The molecule has 0 aliphatic heterocycles. The Hall–Kier alpha value is -2.19. The molecule has 0 spiro atoms. The Morgan fingerprint density at radius 2 is 1.40 bits per heavy atom. The zero-order valence-electron chi connectivity index (χ0n) is 18.0. The van der Waals surface area contributed by atoms with E-state index in [9.17, 15) is 8.42 Å². The molecule has 30 heavy (non-hydrogen) atoms. The summed E-state index contributed by atoms with van der Waals surface area (Å²) in [5.41, 5.74) is 2.41. The van der Waals surface area contributed by atoms with Crippen molar-refractivity contribution in [2.24, 2.45) is 0 Å². The molecule has 0 fully saturated rings. The average molecular weight is 499 g/mol. The van der Waals surface area contributed by atoms with E-state index in [0.717, 1.165) is 21.2 Å². The summed E-state index contributed by atoms with van der Waals surface area (Å²) in [6.45, 7) is 3.70. The fourth-order valence-electron chi connectivity index (χ4n) is 3.26. The molecular formula is C22H27BrO6S. The van der Waals surface area contributed by atoms with Crippen molar-refractivity contribution in [3.63, 3.8) is 0 Å². The lowest BCUT2D eigenvalue weighted by Gasteiger charge is -2.21. The van der Waals surface area contributed by atoms with Crippen LogP contribution in [0.4, 0.5) is 0 Å². The Balaban J connectivity index is 2.39. The zero-order valence-corrected chi connectivity index (χ0v) is 20.4. The van der Waals surface area contributed by atoms with Crippen LogP contribution in [0.2, 0.25) is 0 Å². The minimum Gasteiger partial charge on any atom is -0.492 e. The average Bonchev–Trinajstić information content (AvgIpc) is 2.71. The van der Waals surface area contributed by atoms with Gasteiger partial charge in [0.1, 0.15) is 0 Å². The standard InChI is InChI=1S/C22H27BrO6S/c1-14(13-30(24,25)17-10-8-16(23)9-11-17)7-12-18-15(2)19(26-3)21(28-5)22(29-6)20(18)27-4/h7-11H,12-13H2,1-6H3/b14-7+. The third-order valence-corrected chi connectivity index (χ3v) is 7.10. The predicted octanol–water partition coefficient (Wildman–Crippen LogP) is 4.75. The van der Waals surface area contributed by atoms with Gasteiger partial charge in [-0.2, -0.15) is 0 Å². The third kappa shape index (κ3) is 5.10. The largest absolute Gasteiger partial charge is 0.492 e. The molecule has 0 atom stereocenters. The van der Waals surface area contributed by atoms with Crippen LogP contribution >= 0.6 is 15.9 Å². The lowest BCUT2D eigenvalue weighted by molar-refractivity contribution is 0.302. The van der Waals surface area contributed by atoms with Gasteiger partial charge in [-0.1, -0.05) is 27.6 Å². The molecule has 0 saturated carbocycles. The van der Waals surface area contributed by atoms with Crippen LogP contribution in [0.5, 0.6) is 23.0 Å². The third-order valence-electron chi connectivity index (χ3n) is 4.75. The molecule has 164 valence electrons. The first-order valence-corrected chi connectivity index (χ1v) is 11.6. The molecule has 0 amide bonds. The number of sulfone groups is 1. The quantitative estimate of drug-likeness (QED) is 0.464. The number of rotatable bonds is 9. The lowest BCUT2D eigenvalue weighted by Crippen LogP contribution is -2.08. The Labute approximate surface area is 186 Å². The Bertz CT molecular complexity index is 1030. The van der Waals surface area contributed by atoms with Gasteiger partial charge in [-0.15, -0.1) is 0 Å². The molecule has 0 aliphatic rings. The van der Waals surface area contributed by atoms with Gasteiger partial charge in [0.25, 0.3) is 0 Å². The maximum atomic E-state index is 12.7. The number of benzene rings is 2. The molecule has 0 heterocycles. The van der Waals surface area contributed by atoms with Crippen molar-refractivity contribution in [2.45, 2.75) is 25.2 Å². The Kier molecular flexibility index (Phi) is 8.20. The zero-order chi connectivity index (χ0) is 22.5. The van der Waals surface area contributed by atoms with Crippen molar-refractivity contribution in [3.05, 3.63) is 51.5 Å². The topological polar surface area (TPSA) is 71.1 Å². The highest BCUT2D eigenvalue weighted by molar-refractivity contribution is 9.10. The fraction of sp³-hybridized carbons (Fsp3) is 0.364. The molecule has 2 rings (SSSR count). The lowest BCUT2D eigenvalue weighted by atomic mass is 10.0. The van der Waals surface area contributed by atoms with Gasteiger partial charge in [-0.25, -0.2) is 8.42 Å². The van der Waals surface area contributed by atoms with Gasteiger partial charge in [0.15, 0.2) is 21.3 Å². The van der Waals surface area contributed by atoms with E-state index in [-0.39, 0.29) is 5.75 Å². The van der Waals surface area contributed by atoms with E-state index in [1.807, 2.05) is 13.0 Å². The Morgan fingerprint density at radius 3 is 1.90 bits per heavy atom. The summed E-state index contributed by atoms with van der Waals surface area (Å²) in [6.07, 6.45) is 2.33. The second-order valence-electron chi connectivity index (χ2n) is 6.70. The van der Waals surface area contributed by atoms with E-state index >= 15 is 0 Å². The van der Waals surface area contributed by atoms with Crippen LogP contribution in [0.25, 0.3) is 0 Å². The second-order valence-corrected chi connectivity index (χ2v) is 9.61. The first-order chi connectivity index (χ1) is 14.2. The van der Waals surface area contributed by atoms with Crippen LogP contribution in [-0.2, 0) is 16.3 Å². The van der Waals surface area contributed by atoms with E-state index in [1.54, 1.807) is 45.4 Å². The summed E-state index contributed by atoms with van der Waals surface area (Å²) < 4.78 is 48.3. The predicted molar refractivity (Wildman–Crippen MR) is 121 cm³/mol. The van der Waals surface area contributed by atoms with Crippen LogP contribution in [0.1, 0.15) is 18.1 Å². The van der Waals surface area contributed by atoms with Gasteiger partial charge in [0.05, 0.1) is 39.1 Å². The van der Waals surface area contributed by atoms with E-state index in [0.29, 0.717) is 34.3 Å². The van der Waals surface area contributed by atoms with Gasteiger partial charge in [0.2, 0.25) is 11.5 Å². The minimum absolute atomic E-state index is 0.0690. The maximum absolute atomic E-state index is 12.7. The molecule has 8 heteroatoms. The SMILES string of the molecule is COc1c(C)c(C/C=C(\C)CS(=O)(=O)c2ccc(Br)cc2)c(OC)c(OC)c1OC. The van der Waals surface area contributed by atoms with Crippen LogP contribution < -0.4 is 18.9 Å². The van der Waals surface area contributed by atoms with E-state index in [2.05, 4.69) is 15.9 Å². The first-order valence-electron chi connectivity index (χ1n) is 9.19. The van der Waals surface area contributed by atoms with Crippen molar-refractivity contribution in [3.8, 4) is 23.0 Å². The highest BCUT2D eigenvalue weighted by Crippen LogP contribution is 2.49. The molecule has 0 aromatic heterocycles. The van der Waals surface area contributed by atoms with Gasteiger partial charge in [0, 0.05) is 15.6 Å². The summed E-state index contributed by atoms with van der Waals surface area (Å²) in [5.74, 6) is 1.91. The molecule has 2 aromatic carbocycles. The van der Waals surface area contributed by atoms with Gasteiger partial charge < -0.3 is 18.9 Å². The van der Waals surface area contributed by atoms with Crippen molar-refractivity contribution in [2.75, 3.05) is 34.2 Å². The Morgan fingerprint density at radius 1 is 0.900 bits per heavy atom. The van der Waals surface area contributed by atoms with Crippen LogP contribution in [0.3, 0.4) is 0 Å². The van der Waals surface area contributed by atoms with Crippen molar-refractivity contribution < 1.29 is 27.4 Å². The number of halogens is 1. The molecule has 0 saturated heterocycles. The summed E-state index contributed by atoms with van der Waals surface area (Å²) in [6, 6.07) is 6.63. The van der Waals surface area contributed by atoms with Gasteiger partial charge >= 0.3 is 0 Å². The van der Waals surface area contributed by atoms with E-state index in [4.69, 9.17) is 18.9 Å². The van der Waals surface area contributed by atoms with Gasteiger partial charge in [-0.05, 0) is 44.5 Å². The molecule has 0 N–H and O–H groups in total. The first kappa shape index (κ1) is 24.1. The smallest absolute Gasteiger partial charge is 0.207 e. The van der Waals surface area contributed by atoms with Crippen molar-refractivity contribution in [1.82, 2.24) is 0 Å². The molecule has 0 unspecified atom stereocenters. The summed E-state index contributed by atoms with van der Waals surface area (Å²) in [7, 11) is 2.76. The highest BCUT2D eigenvalue weighted by Gasteiger charge is 2.25. The summed E-state index contributed by atoms with van der Waals surface area (Å²) >= 11 is 3.32. The number of hydrogen-bond acceptors (Lipinski definition) is 6. The number of methoxy groups -OCH3 is 4. The van der Waals surface area contributed by atoms with Crippen LogP contribution in [0, 0.1) is 6.92 Å². The summed E-state index contributed by atoms with van der Waals surface area (Å²) in [5, 5.41) is 0. The molecular weight excluding hydrogens is 472 g/mol. The highest BCUT2D eigenvalue weighted by atomic mass is 79.9. The van der Waals surface area contributed by atoms with Crippen molar-refractivity contribution in [1.29, 1.82) is 0 Å². The second kappa shape index (κ2) is 10.2. The normalized spacial score (nSPS) is 11.9. The molecule has 2 aromatic rings. The van der Waals surface area contributed by atoms with Gasteiger partial charge in [-0.3, -0.25) is 0 Å². The minimum atomic E-state index is -3.43. The summed E-state index contributed by atoms with van der Waals surface area (Å²) in [4.78, 5) is 0.292. The molecule has 0 radical (unpaired) electrons. The molecule has 0 aliphatic carbocycles. The maximum Gasteiger partial charge on any atom is 0.207 e. The monoisotopic (exact) mass is 498 g/mol. The number of hydrogen-bond donors (Lipinski definition) is 0. The number of ether oxygens (including phenoxy) is 4. The van der Waals surface area contributed by atoms with E-state index in [1.165, 1.54) is 14.2 Å². The van der Waals surface area contributed by atoms with Crippen LogP contribution in [0.15, 0.2) is 45.3 Å². The molecule has 0 bridgehead atoms. The number of allylic oxidation sites excluding steroid dienone is 1. The fourth-order valence-corrected chi connectivity index (χ4v) is 4.96. The van der Waals surface area contributed by atoms with Crippen molar-refractivity contribution >= 4 is 25.8 Å².